The zero-order valence-electron chi connectivity index (χ0n) is 18.8. The summed E-state index contributed by atoms with van der Waals surface area (Å²) in [5.74, 6) is -4.56. The van der Waals surface area contributed by atoms with Crippen molar-refractivity contribution in [3.63, 3.8) is 0 Å². The van der Waals surface area contributed by atoms with Crippen molar-refractivity contribution in [2.24, 2.45) is 0 Å². The number of carboxylic acid groups (broad SMARTS) is 2. The van der Waals surface area contributed by atoms with Crippen molar-refractivity contribution in [1.82, 2.24) is 15.3 Å². The first kappa shape index (κ1) is 26.7. The number of aromatic amines is 1. The standard InChI is InChI=1S/C22H18N4O4.C2HF3O2/c27-20(4-5-21(28)29)25-15-3-1-2-13(10-15)18-11-14(6-8-23-18)19-12-16-17(26-19)7-9-24-22(16)30;3-2(4,5)1(6)7/h1-6,8,10-12,26H,7,9H2,(H,24,30)(H,25,27)(H,28,29);(H,6,7)/b5-4+;. The summed E-state index contributed by atoms with van der Waals surface area (Å²) >= 11 is 0. The molecule has 0 atom stereocenters. The largest absolute Gasteiger partial charge is 0.490 e. The van der Waals surface area contributed by atoms with E-state index in [0.29, 0.717) is 23.5 Å². The molecule has 3 heterocycles. The van der Waals surface area contributed by atoms with Crippen LogP contribution in [0.4, 0.5) is 18.9 Å². The second-order valence-electron chi connectivity index (χ2n) is 7.56. The average molecular weight is 516 g/mol. The normalized spacial score (nSPS) is 12.7. The molecule has 0 fully saturated rings. The third-order valence-corrected chi connectivity index (χ3v) is 4.92. The molecule has 1 aliphatic heterocycles. The summed E-state index contributed by atoms with van der Waals surface area (Å²) in [6.07, 6.45) is -0.903. The number of carboxylic acids is 2. The number of H-pyrrole nitrogens is 1. The number of pyridine rings is 1. The molecule has 10 nitrogen and oxygen atoms in total. The Balaban J connectivity index is 0.000000479. The van der Waals surface area contributed by atoms with Gasteiger partial charge in [0.15, 0.2) is 0 Å². The van der Waals surface area contributed by atoms with Gasteiger partial charge in [0.1, 0.15) is 0 Å². The second kappa shape index (κ2) is 11.2. The number of hydrogen-bond donors (Lipinski definition) is 5. The van der Waals surface area contributed by atoms with Gasteiger partial charge in [0.2, 0.25) is 5.91 Å². The molecule has 2 aromatic heterocycles. The van der Waals surface area contributed by atoms with Crippen LogP contribution >= 0.6 is 0 Å². The fourth-order valence-electron chi connectivity index (χ4n) is 3.29. The predicted octanol–water partition coefficient (Wildman–Crippen LogP) is 3.24. The van der Waals surface area contributed by atoms with Gasteiger partial charge in [0.05, 0.1) is 11.3 Å². The van der Waals surface area contributed by atoms with Crippen molar-refractivity contribution in [3.05, 3.63) is 72.1 Å². The van der Waals surface area contributed by atoms with Crippen LogP contribution in [0.1, 0.15) is 16.1 Å². The molecule has 3 aromatic rings. The number of benzene rings is 1. The number of alkyl halides is 3. The third kappa shape index (κ3) is 7.27. The van der Waals surface area contributed by atoms with E-state index in [1.807, 2.05) is 24.3 Å². The number of aromatic nitrogens is 2. The Morgan fingerprint density at radius 2 is 1.76 bits per heavy atom. The first-order valence-electron chi connectivity index (χ1n) is 10.5. The lowest BCUT2D eigenvalue weighted by Gasteiger charge is -2.11. The third-order valence-electron chi connectivity index (χ3n) is 4.92. The highest BCUT2D eigenvalue weighted by atomic mass is 19.4. The van der Waals surface area contributed by atoms with Gasteiger partial charge in [-0.15, -0.1) is 0 Å². The van der Waals surface area contributed by atoms with E-state index in [4.69, 9.17) is 15.0 Å². The molecule has 0 saturated carbocycles. The monoisotopic (exact) mass is 516 g/mol. The highest BCUT2D eigenvalue weighted by Gasteiger charge is 2.38. The maximum atomic E-state index is 12.0. The van der Waals surface area contributed by atoms with Crippen LogP contribution in [-0.2, 0) is 20.8 Å². The summed E-state index contributed by atoms with van der Waals surface area (Å²) < 4.78 is 31.7. The number of anilines is 1. The number of rotatable bonds is 5. The Kier molecular flexibility index (Phi) is 8.07. The van der Waals surface area contributed by atoms with Crippen molar-refractivity contribution in [2.45, 2.75) is 12.6 Å². The number of carbonyl (C=O) groups excluding carboxylic acids is 2. The van der Waals surface area contributed by atoms with Crippen LogP contribution in [-0.4, -0.2) is 56.7 Å². The minimum atomic E-state index is -5.08. The van der Waals surface area contributed by atoms with E-state index in [9.17, 15) is 27.6 Å². The minimum Gasteiger partial charge on any atom is -0.478 e. The van der Waals surface area contributed by atoms with Gasteiger partial charge < -0.3 is 25.8 Å². The Hall–Kier alpha value is -4.94. The van der Waals surface area contributed by atoms with Crippen LogP contribution < -0.4 is 10.6 Å². The summed E-state index contributed by atoms with van der Waals surface area (Å²) in [6.45, 7) is 0.619. The molecule has 2 amide bonds. The van der Waals surface area contributed by atoms with Crippen LogP contribution in [0.2, 0.25) is 0 Å². The molecule has 13 heteroatoms. The number of carbonyl (C=O) groups is 4. The number of halogens is 3. The maximum Gasteiger partial charge on any atom is 0.490 e. The summed E-state index contributed by atoms with van der Waals surface area (Å²) in [4.78, 5) is 51.0. The van der Waals surface area contributed by atoms with Gasteiger partial charge in [-0.2, -0.15) is 13.2 Å². The van der Waals surface area contributed by atoms with Crippen molar-refractivity contribution >= 4 is 29.4 Å². The molecule has 0 spiro atoms. The SMILES string of the molecule is O=C(O)/C=C/C(=O)Nc1cccc(-c2cc(-c3cc4c([nH]3)CCNC4=O)ccn2)c1.O=C(O)C(F)(F)F. The van der Waals surface area contributed by atoms with Crippen molar-refractivity contribution in [3.8, 4) is 22.5 Å². The number of fused-ring (bicyclic) bond motifs is 1. The van der Waals surface area contributed by atoms with Gasteiger partial charge in [-0.05, 0) is 30.3 Å². The van der Waals surface area contributed by atoms with E-state index >= 15 is 0 Å². The zero-order chi connectivity index (χ0) is 27.2. The molecular formula is C24H19F3N4O6. The fourth-order valence-corrected chi connectivity index (χ4v) is 3.29. The predicted molar refractivity (Wildman–Crippen MR) is 125 cm³/mol. The number of nitrogens with one attached hydrogen (secondary N) is 3. The van der Waals surface area contributed by atoms with Gasteiger partial charge in [0, 0.05) is 59.5 Å². The fraction of sp³-hybridized carbons (Fsp3) is 0.125. The number of hydrogen-bond acceptors (Lipinski definition) is 5. The Bertz CT molecular complexity index is 1380. The molecule has 5 N–H and O–H groups in total. The molecule has 1 aromatic carbocycles. The zero-order valence-corrected chi connectivity index (χ0v) is 18.8. The molecule has 0 radical (unpaired) electrons. The summed E-state index contributed by atoms with van der Waals surface area (Å²) in [5, 5.41) is 21.2. The van der Waals surface area contributed by atoms with E-state index in [1.54, 1.807) is 24.4 Å². The van der Waals surface area contributed by atoms with E-state index < -0.39 is 24.0 Å². The summed E-state index contributed by atoms with van der Waals surface area (Å²) in [7, 11) is 0. The molecular weight excluding hydrogens is 497 g/mol. The van der Waals surface area contributed by atoms with E-state index in [-0.39, 0.29) is 5.91 Å². The molecule has 192 valence electrons. The Morgan fingerprint density at radius 3 is 2.41 bits per heavy atom. The van der Waals surface area contributed by atoms with Crippen molar-refractivity contribution in [1.29, 1.82) is 0 Å². The number of amides is 2. The van der Waals surface area contributed by atoms with Gasteiger partial charge in [-0.1, -0.05) is 12.1 Å². The summed E-state index contributed by atoms with van der Waals surface area (Å²) in [5.41, 5.74) is 5.31. The van der Waals surface area contributed by atoms with Crippen LogP contribution in [0.3, 0.4) is 0 Å². The lowest BCUT2D eigenvalue weighted by molar-refractivity contribution is -0.192. The van der Waals surface area contributed by atoms with E-state index in [1.165, 1.54) is 0 Å². The quantitative estimate of drug-likeness (QED) is 0.325. The Labute approximate surface area is 206 Å². The van der Waals surface area contributed by atoms with Crippen molar-refractivity contribution in [2.75, 3.05) is 11.9 Å². The minimum absolute atomic E-state index is 0.0755. The summed E-state index contributed by atoms with van der Waals surface area (Å²) in [6, 6.07) is 12.7. The molecule has 0 unspecified atom stereocenters. The molecule has 1 aliphatic rings. The molecule has 37 heavy (non-hydrogen) atoms. The molecule has 4 rings (SSSR count). The molecule has 0 bridgehead atoms. The second-order valence-corrected chi connectivity index (χ2v) is 7.56. The van der Waals surface area contributed by atoms with Gasteiger partial charge in [-0.3, -0.25) is 14.6 Å². The number of nitrogens with zero attached hydrogens (tertiary/aromatic N) is 1. The van der Waals surface area contributed by atoms with E-state index in [0.717, 1.165) is 41.1 Å². The smallest absolute Gasteiger partial charge is 0.478 e. The van der Waals surface area contributed by atoms with Gasteiger partial charge in [0.25, 0.3) is 5.91 Å². The topological polar surface area (TPSA) is 161 Å². The first-order valence-corrected chi connectivity index (χ1v) is 10.5. The first-order chi connectivity index (χ1) is 17.4. The van der Waals surface area contributed by atoms with Crippen LogP contribution in [0.5, 0.6) is 0 Å². The van der Waals surface area contributed by atoms with E-state index in [2.05, 4.69) is 20.6 Å². The lowest BCUT2D eigenvalue weighted by atomic mass is 10.1. The molecule has 0 aliphatic carbocycles. The highest BCUT2D eigenvalue weighted by molar-refractivity contribution is 6.02. The van der Waals surface area contributed by atoms with Gasteiger partial charge >= 0.3 is 18.1 Å². The average Bonchev–Trinajstić information content (AvgIpc) is 3.29. The highest BCUT2D eigenvalue weighted by Crippen LogP contribution is 2.28. The van der Waals surface area contributed by atoms with Gasteiger partial charge in [-0.25, -0.2) is 9.59 Å². The lowest BCUT2D eigenvalue weighted by Crippen LogP contribution is -2.31. The van der Waals surface area contributed by atoms with Crippen molar-refractivity contribution < 1.29 is 42.6 Å². The van der Waals surface area contributed by atoms with Crippen LogP contribution in [0.25, 0.3) is 22.5 Å². The Morgan fingerprint density at radius 1 is 1.03 bits per heavy atom. The van der Waals surface area contributed by atoms with Crippen LogP contribution in [0.15, 0.2) is 60.8 Å². The molecule has 0 saturated heterocycles. The van der Waals surface area contributed by atoms with Crippen LogP contribution in [0, 0.1) is 0 Å². The number of aliphatic carboxylic acids is 2. The maximum absolute atomic E-state index is 12.0.